The maximum absolute atomic E-state index is 5.13. The molecule has 2 heterocycles. The molecule has 0 aliphatic heterocycles. The number of nitrogens with one attached hydrogen (secondary N) is 1. The molecule has 0 aliphatic rings. The van der Waals surface area contributed by atoms with Gasteiger partial charge in [-0.25, -0.2) is 4.98 Å². The van der Waals surface area contributed by atoms with Crippen molar-refractivity contribution >= 4 is 27.8 Å². The summed E-state index contributed by atoms with van der Waals surface area (Å²) in [6.07, 6.45) is 14.3. The predicted molar refractivity (Wildman–Crippen MR) is 152 cm³/mol. The van der Waals surface area contributed by atoms with Crippen LogP contribution in [0, 0.1) is 0 Å². The summed E-state index contributed by atoms with van der Waals surface area (Å²) in [5, 5.41) is 2.26. The number of rotatable bonds is 8. The Kier molecular flexibility index (Phi) is 9.66. The average Bonchev–Trinajstić information content (AvgIpc) is 3.54. The Balaban J connectivity index is 0.00000158. The van der Waals surface area contributed by atoms with Crippen molar-refractivity contribution in [2.24, 2.45) is 0 Å². The number of hydrogen-bond acceptors (Lipinski definition) is 2. The molecule has 0 saturated heterocycles. The number of unbranched alkanes of at least 4 members (excludes halogenated alkanes) is 1. The molecule has 34 heavy (non-hydrogen) atoms. The fraction of sp³-hybridized carbons (Fsp3) is 0.258. The molecular weight excluding hydrogens is 432 g/mol. The number of H-pyrrole nitrogens is 1. The molecule has 3 heteroatoms. The zero-order valence-corrected chi connectivity index (χ0v) is 21.9. The summed E-state index contributed by atoms with van der Waals surface area (Å²) in [5.74, 6) is 0. The number of fused-ring (bicyclic) bond motifs is 1. The first kappa shape index (κ1) is 25.5. The molecule has 4 aromatic rings. The van der Waals surface area contributed by atoms with Crippen LogP contribution in [-0.4, -0.2) is 9.97 Å². The van der Waals surface area contributed by atoms with Crippen LogP contribution < -0.4 is 0 Å². The van der Waals surface area contributed by atoms with Gasteiger partial charge in [0.2, 0.25) is 0 Å². The second-order valence-electron chi connectivity index (χ2n) is 8.04. The van der Waals surface area contributed by atoms with E-state index in [0.29, 0.717) is 0 Å². The molecule has 0 radical (unpaired) electrons. The Hall–Kier alpha value is -3.17. The summed E-state index contributed by atoms with van der Waals surface area (Å²) in [6, 6.07) is 19.2. The standard InChI is InChI=1S/C29H30N2S.C2H6/c1-4-6-11-22(10-5-2)15-14-21(3)27-28(23-12-8-7-9-13-23)32-29(31-27)25-16-17-26-24(20-25)18-19-30-26;1-2/h5,7-10,12-20,30H,4,6,11H2,1-3H3;1-2H3/b10-5-,21-14+,22-15+;. The SMILES string of the molecule is CC.C\C=C/C(=C\C=C(/C)c1nc(-c2ccc3[nH]ccc3c2)sc1-c1ccccc1)CCCC. The van der Waals surface area contributed by atoms with Crippen molar-refractivity contribution in [2.75, 3.05) is 0 Å². The Morgan fingerprint density at radius 3 is 2.53 bits per heavy atom. The van der Waals surface area contributed by atoms with Crippen LogP contribution in [0.5, 0.6) is 0 Å². The van der Waals surface area contributed by atoms with Crippen LogP contribution in [0.2, 0.25) is 0 Å². The first-order chi connectivity index (χ1) is 16.7. The number of aromatic amines is 1. The Labute approximate surface area is 208 Å². The molecule has 4 rings (SSSR count). The van der Waals surface area contributed by atoms with E-state index in [2.05, 4.69) is 105 Å². The van der Waals surface area contributed by atoms with E-state index in [0.717, 1.165) is 28.2 Å². The van der Waals surface area contributed by atoms with Gasteiger partial charge in [0.05, 0.1) is 10.6 Å². The van der Waals surface area contributed by atoms with Crippen LogP contribution in [0.3, 0.4) is 0 Å². The van der Waals surface area contributed by atoms with E-state index >= 15 is 0 Å². The van der Waals surface area contributed by atoms with Gasteiger partial charge in [-0.05, 0) is 67.7 Å². The lowest BCUT2D eigenvalue weighted by Crippen LogP contribution is -1.86. The van der Waals surface area contributed by atoms with Crippen LogP contribution >= 0.6 is 11.3 Å². The van der Waals surface area contributed by atoms with Crippen LogP contribution in [0.25, 0.3) is 37.5 Å². The minimum absolute atomic E-state index is 1.05. The minimum atomic E-state index is 1.05. The van der Waals surface area contributed by atoms with E-state index in [1.165, 1.54) is 39.8 Å². The van der Waals surface area contributed by atoms with Crippen molar-refractivity contribution in [2.45, 2.75) is 53.9 Å². The molecule has 2 nitrogen and oxygen atoms in total. The first-order valence-electron chi connectivity index (χ1n) is 12.3. The largest absolute Gasteiger partial charge is 0.361 e. The van der Waals surface area contributed by atoms with Gasteiger partial charge < -0.3 is 4.98 Å². The van der Waals surface area contributed by atoms with Crippen molar-refractivity contribution in [1.29, 1.82) is 0 Å². The van der Waals surface area contributed by atoms with Crippen molar-refractivity contribution in [3.63, 3.8) is 0 Å². The highest BCUT2D eigenvalue weighted by Gasteiger charge is 2.16. The summed E-state index contributed by atoms with van der Waals surface area (Å²) >= 11 is 1.77. The molecular formula is C31H36N2S. The van der Waals surface area contributed by atoms with Gasteiger partial charge in [0, 0.05) is 22.7 Å². The number of hydrogen-bond donors (Lipinski definition) is 1. The number of thiazole rings is 1. The Morgan fingerprint density at radius 2 is 1.79 bits per heavy atom. The fourth-order valence-electron chi connectivity index (χ4n) is 3.81. The van der Waals surface area contributed by atoms with Gasteiger partial charge >= 0.3 is 0 Å². The van der Waals surface area contributed by atoms with Crippen molar-refractivity contribution in [3.05, 3.63) is 96.4 Å². The van der Waals surface area contributed by atoms with Crippen molar-refractivity contribution in [3.8, 4) is 21.0 Å². The lowest BCUT2D eigenvalue weighted by molar-refractivity contribution is 0.798. The van der Waals surface area contributed by atoms with Gasteiger partial charge in [0.15, 0.2) is 0 Å². The average molecular weight is 469 g/mol. The Bertz CT molecular complexity index is 1270. The van der Waals surface area contributed by atoms with E-state index in [1.54, 1.807) is 11.3 Å². The van der Waals surface area contributed by atoms with Crippen LogP contribution in [0.15, 0.2) is 90.7 Å². The maximum atomic E-state index is 5.13. The number of benzene rings is 2. The molecule has 1 N–H and O–H groups in total. The van der Waals surface area contributed by atoms with Gasteiger partial charge in [-0.2, -0.15) is 0 Å². The van der Waals surface area contributed by atoms with Crippen molar-refractivity contribution < 1.29 is 0 Å². The topological polar surface area (TPSA) is 28.7 Å². The van der Waals surface area contributed by atoms with E-state index in [1.807, 2.05) is 20.0 Å². The number of aromatic nitrogens is 2. The zero-order valence-electron chi connectivity index (χ0n) is 21.1. The highest BCUT2D eigenvalue weighted by Crippen LogP contribution is 2.39. The molecule has 0 amide bonds. The van der Waals surface area contributed by atoms with Crippen molar-refractivity contribution in [1.82, 2.24) is 9.97 Å². The summed E-state index contributed by atoms with van der Waals surface area (Å²) in [4.78, 5) is 9.62. The molecule has 0 atom stereocenters. The number of nitrogens with zero attached hydrogens (tertiary/aromatic N) is 1. The Morgan fingerprint density at radius 1 is 1.00 bits per heavy atom. The van der Waals surface area contributed by atoms with Gasteiger partial charge in [-0.3, -0.25) is 0 Å². The van der Waals surface area contributed by atoms with Gasteiger partial charge in [0.1, 0.15) is 5.01 Å². The predicted octanol–water partition coefficient (Wildman–Crippen LogP) is 10.1. The van der Waals surface area contributed by atoms with E-state index in [-0.39, 0.29) is 0 Å². The summed E-state index contributed by atoms with van der Waals surface area (Å²) in [6.45, 7) is 10.5. The van der Waals surface area contributed by atoms with Gasteiger partial charge in [-0.15, -0.1) is 11.3 Å². The third-order valence-corrected chi connectivity index (χ3v) is 6.74. The molecule has 0 saturated carbocycles. The third kappa shape index (κ3) is 6.24. The molecule has 0 unspecified atom stereocenters. The normalized spacial score (nSPS) is 12.3. The lowest BCUT2D eigenvalue weighted by atomic mass is 10.0. The summed E-state index contributed by atoms with van der Waals surface area (Å²) in [7, 11) is 0. The molecule has 0 bridgehead atoms. The molecule has 2 aromatic heterocycles. The summed E-state index contributed by atoms with van der Waals surface area (Å²) in [5.41, 5.74) is 7.14. The van der Waals surface area contributed by atoms with Gasteiger partial charge in [-0.1, -0.05) is 81.8 Å². The highest BCUT2D eigenvalue weighted by atomic mass is 32.1. The second-order valence-corrected chi connectivity index (χ2v) is 9.04. The maximum Gasteiger partial charge on any atom is 0.124 e. The third-order valence-electron chi connectivity index (χ3n) is 5.58. The van der Waals surface area contributed by atoms with Crippen LogP contribution in [0.1, 0.15) is 59.6 Å². The molecule has 0 fully saturated rings. The quantitative estimate of drug-likeness (QED) is 0.256. The lowest BCUT2D eigenvalue weighted by Gasteiger charge is -2.03. The fourth-order valence-corrected chi connectivity index (χ4v) is 4.94. The minimum Gasteiger partial charge on any atom is -0.361 e. The monoisotopic (exact) mass is 468 g/mol. The smallest absolute Gasteiger partial charge is 0.124 e. The highest BCUT2D eigenvalue weighted by molar-refractivity contribution is 7.18. The first-order valence-corrected chi connectivity index (χ1v) is 13.2. The zero-order chi connectivity index (χ0) is 24.3. The van der Waals surface area contributed by atoms with Crippen LogP contribution in [0.4, 0.5) is 0 Å². The molecule has 0 spiro atoms. The van der Waals surface area contributed by atoms with E-state index in [4.69, 9.17) is 4.98 Å². The molecule has 0 aliphatic carbocycles. The molecule has 2 aromatic carbocycles. The van der Waals surface area contributed by atoms with Crippen LogP contribution in [-0.2, 0) is 0 Å². The van der Waals surface area contributed by atoms with E-state index in [9.17, 15) is 0 Å². The van der Waals surface area contributed by atoms with Gasteiger partial charge in [0.25, 0.3) is 0 Å². The number of allylic oxidation sites excluding steroid dienone is 6. The van der Waals surface area contributed by atoms with E-state index < -0.39 is 0 Å². The molecule has 176 valence electrons. The second kappa shape index (κ2) is 12.9. The summed E-state index contributed by atoms with van der Waals surface area (Å²) < 4.78 is 0.